The van der Waals surface area contributed by atoms with Crippen LogP contribution in [-0.4, -0.2) is 0 Å². The summed E-state index contributed by atoms with van der Waals surface area (Å²) < 4.78 is 0. The van der Waals surface area contributed by atoms with Crippen LogP contribution in [0.25, 0.3) is 0 Å². The zero-order chi connectivity index (χ0) is 4.00. The van der Waals surface area contributed by atoms with Crippen LogP contribution in [0.5, 0.6) is 0 Å². The van der Waals surface area contributed by atoms with E-state index in [4.69, 9.17) is 11.8 Å². The molecule has 1 nitrogen and oxygen atoms in total. The molecule has 0 spiro atoms. The van der Waals surface area contributed by atoms with Crippen molar-refractivity contribution in [3.63, 3.8) is 0 Å². The maximum absolute atomic E-state index is 6.25. The van der Waals surface area contributed by atoms with Crippen LogP contribution in [0.15, 0.2) is 0 Å². The Morgan fingerprint density at radius 1 is 1.50 bits per heavy atom. The van der Waals surface area contributed by atoms with Gasteiger partial charge in [0, 0.05) is 0 Å². The third kappa shape index (κ3) is 64.0. The summed E-state index contributed by atoms with van der Waals surface area (Å²) in [6, 6.07) is 0. The number of rotatable bonds is 0. The zero-order valence-corrected chi connectivity index (χ0v) is 3.42. The van der Waals surface area contributed by atoms with Gasteiger partial charge in [-0.05, 0) is 0 Å². The van der Waals surface area contributed by atoms with Gasteiger partial charge in [-0.1, -0.05) is 0 Å². The van der Waals surface area contributed by atoms with E-state index in [-0.39, 0.29) is 0 Å². The first-order valence-electron chi connectivity index (χ1n) is 0.347. The van der Waals surface area contributed by atoms with Crippen LogP contribution in [0.3, 0.4) is 0 Å². The van der Waals surface area contributed by atoms with Crippen LogP contribution in [0, 0.1) is 11.8 Å². The van der Waals surface area contributed by atoms with Gasteiger partial charge in [0.2, 0.25) is 0 Å². The van der Waals surface area contributed by atoms with Crippen LogP contribution in [0.1, 0.15) is 0 Å². The maximum atomic E-state index is 6.25. The number of hydrogen-bond donors (Lipinski definition) is 0. The molecule has 0 unspecified atom stereocenters. The Bertz CT molecular complexity index is 19.2. The summed E-state index contributed by atoms with van der Waals surface area (Å²) in [7, 11) is 3.65. The Labute approximate surface area is 37.3 Å². The van der Waals surface area contributed by atoms with Crippen molar-refractivity contribution in [2.45, 2.75) is 0 Å². The molecule has 0 aliphatic heterocycles. The first-order valence-corrected chi connectivity index (χ1v) is 1.75. The molecule has 0 atom stereocenters. The van der Waals surface area contributed by atoms with Crippen LogP contribution in [0.4, 0.5) is 0 Å². The molecule has 0 N–H and O–H groups in total. The second-order valence-corrected chi connectivity index (χ2v) is 0. The second-order valence-electron chi connectivity index (χ2n) is 0. The first-order chi connectivity index (χ1) is 2.00. The second kappa shape index (κ2) is 305. The third-order valence-electron chi connectivity index (χ3n) is 0. The molecule has 0 heterocycles. The van der Waals surface area contributed by atoms with Crippen molar-refractivity contribution in [2.75, 3.05) is 0 Å². The summed E-state index contributed by atoms with van der Waals surface area (Å²) in [5.74, 6) is 0. The first kappa shape index (κ1) is 8.87. The van der Waals surface area contributed by atoms with E-state index in [2.05, 4.69) is 24.9 Å². The van der Waals surface area contributed by atoms with Gasteiger partial charge < -0.3 is 11.8 Å². The van der Waals surface area contributed by atoms with Crippen molar-refractivity contribution >= 4 is 10.6 Å². The van der Waals surface area contributed by atoms with Crippen molar-refractivity contribution in [3.8, 4) is 0 Å². The summed E-state index contributed by atoms with van der Waals surface area (Å²) >= 11 is 3.77. The molecule has 3 heteroatoms. The predicted molar refractivity (Wildman–Crippen MR) is 12.6 cm³/mol. The molecule has 0 aromatic carbocycles. The summed E-state index contributed by atoms with van der Waals surface area (Å²) in [6.07, 6.45) is 0. The average Bonchev–Trinajstić information content (AvgIpc) is 1.50. The monoisotopic (exact) mass is 121 g/mol. The molecule has 0 bridgehead atoms. The van der Waals surface area contributed by atoms with E-state index in [0.29, 0.717) is 0 Å². The molecule has 0 aromatic heterocycles. The number of hydrogen-bond acceptors (Lipinski definition) is 2. The van der Waals surface area contributed by atoms with E-state index in [1.807, 2.05) is 0 Å². The van der Waals surface area contributed by atoms with Gasteiger partial charge in [-0.2, -0.15) is 0 Å². The molecule has 0 aromatic rings. The van der Waals surface area contributed by atoms with Gasteiger partial charge in [0.05, 0.1) is 0 Å². The molecular formula is CCuNS-. The Kier molecular flexibility index (Phi) is 676. The quantitative estimate of drug-likeness (QED) is 0.349. The van der Waals surface area contributed by atoms with E-state index in [9.17, 15) is 0 Å². The van der Waals surface area contributed by atoms with Crippen molar-refractivity contribution in [1.29, 1.82) is 5.26 Å². The third-order valence-corrected chi connectivity index (χ3v) is 0. The Morgan fingerprint density at radius 3 is 1.50 bits per heavy atom. The molecule has 4 heavy (non-hydrogen) atoms. The standard InChI is InChI=1S/CN.Cu.S/c1-2;;/q-1;;. The molecule has 0 amide bonds. The van der Waals surface area contributed by atoms with Gasteiger partial charge in [-0.15, -0.1) is 0 Å². The van der Waals surface area contributed by atoms with Crippen LogP contribution < -0.4 is 0 Å². The van der Waals surface area contributed by atoms with Crippen molar-refractivity contribution in [2.24, 2.45) is 0 Å². The molecule has 0 radical (unpaired) electrons. The van der Waals surface area contributed by atoms with Crippen LogP contribution >= 0.6 is 10.6 Å². The van der Waals surface area contributed by atoms with Gasteiger partial charge in [0.1, 0.15) is 0 Å². The summed E-state index contributed by atoms with van der Waals surface area (Å²) in [6.45, 7) is 4.75. The summed E-state index contributed by atoms with van der Waals surface area (Å²) in [5, 5.41) is 6.25. The Balaban J connectivity index is 0. The average molecular weight is 122 g/mol. The Morgan fingerprint density at radius 2 is 1.50 bits per heavy atom. The van der Waals surface area contributed by atoms with E-state index in [0.717, 1.165) is 0 Å². The fraction of sp³-hybridized carbons (Fsp3) is 0. The predicted octanol–water partition coefficient (Wildman–Crippen LogP) is 0.742. The molecule has 0 saturated carbocycles. The van der Waals surface area contributed by atoms with Gasteiger partial charge in [-0.25, -0.2) is 0 Å². The molecular weight excluding hydrogens is 122 g/mol. The Hall–Kier alpha value is 0.229. The molecule has 0 aliphatic carbocycles. The molecule has 0 aliphatic rings. The van der Waals surface area contributed by atoms with E-state index < -0.39 is 0 Å². The topological polar surface area (TPSA) is 23.8 Å². The fourth-order valence-electron chi connectivity index (χ4n) is 0. The fourth-order valence-corrected chi connectivity index (χ4v) is 0. The molecule has 27 valence electrons. The van der Waals surface area contributed by atoms with Gasteiger partial charge in [0.15, 0.2) is 0 Å². The van der Waals surface area contributed by atoms with Crippen molar-refractivity contribution < 1.29 is 14.4 Å². The zero-order valence-electron chi connectivity index (χ0n) is 1.66. The van der Waals surface area contributed by atoms with Gasteiger partial charge in [-0.3, -0.25) is 0 Å². The minimum absolute atomic E-state index is 3.65. The number of nitrogens with zero attached hydrogens (tertiary/aromatic N) is 1. The van der Waals surface area contributed by atoms with E-state index >= 15 is 0 Å². The van der Waals surface area contributed by atoms with Crippen molar-refractivity contribution in [3.05, 3.63) is 6.57 Å². The molecule has 0 fully saturated rings. The minimum atomic E-state index is 3.65. The van der Waals surface area contributed by atoms with Gasteiger partial charge >= 0.3 is 24.9 Å². The van der Waals surface area contributed by atoms with E-state index in [1.165, 1.54) is 0 Å². The molecule has 0 rings (SSSR count). The normalized spacial score (nSPS) is 2.00. The molecule has 0 saturated heterocycles. The van der Waals surface area contributed by atoms with Gasteiger partial charge in [0.25, 0.3) is 0 Å². The van der Waals surface area contributed by atoms with Crippen LogP contribution in [0.2, 0.25) is 0 Å². The summed E-state index contributed by atoms with van der Waals surface area (Å²) in [5.41, 5.74) is 0. The van der Waals surface area contributed by atoms with E-state index in [1.54, 1.807) is 0 Å². The SMILES string of the molecule is [C-]#N.[S]=[Cu]. The summed E-state index contributed by atoms with van der Waals surface area (Å²) in [4.78, 5) is 0. The van der Waals surface area contributed by atoms with Crippen molar-refractivity contribution in [1.82, 2.24) is 0 Å². The van der Waals surface area contributed by atoms with Crippen LogP contribution in [-0.2, 0) is 14.4 Å².